The van der Waals surface area contributed by atoms with Crippen LogP contribution in [0.15, 0.2) is 60.3 Å². The number of halogens is 3. The number of nitrogens with one attached hydrogen (secondary N) is 1. The second kappa shape index (κ2) is 9.47. The summed E-state index contributed by atoms with van der Waals surface area (Å²) in [7, 11) is 0. The van der Waals surface area contributed by atoms with Gasteiger partial charge in [-0.05, 0) is 24.3 Å². The average Bonchev–Trinajstić information content (AvgIpc) is 3.06. The number of amides is 1. The van der Waals surface area contributed by atoms with Crippen LogP contribution >= 0.6 is 46.6 Å². The summed E-state index contributed by atoms with van der Waals surface area (Å²) < 4.78 is 1.86. The van der Waals surface area contributed by atoms with Crippen LogP contribution in [0.1, 0.15) is 0 Å². The Balaban J connectivity index is 1.77. The van der Waals surface area contributed by atoms with E-state index in [4.69, 9.17) is 34.8 Å². The summed E-state index contributed by atoms with van der Waals surface area (Å²) in [6.45, 7) is 4.26. The van der Waals surface area contributed by atoms with Crippen molar-refractivity contribution in [2.75, 3.05) is 11.1 Å². The highest BCUT2D eigenvalue weighted by Gasteiger charge is 2.17. The predicted molar refractivity (Wildman–Crippen MR) is 116 cm³/mol. The van der Waals surface area contributed by atoms with E-state index in [-0.39, 0.29) is 11.7 Å². The molecule has 0 atom stereocenters. The van der Waals surface area contributed by atoms with Crippen LogP contribution in [-0.2, 0) is 11.3 Å². The van der Waals surface area contributed by atoms with Gasteiger partial charge in [0.15, 0.2) is 11.0 Å². The fourth-order valence-corrected chi connectivity index (χ4v) is 3.91. The number of nitrogens with zero attached hydrogens (tertiary/aromatic N) is 3. The van der Waals surface area contributed by atoms with Crippen LogP contribution in [0.4, 0.5) is 5.69 Å². The van der Waals surface area contributed by atoms with Crippen molar-refractivity contribution in [2.45, 2.75) is 11.7 Å². The van der Waals surface area contributed by atoms with E-state index in [2.05, 4.69) is 22.1 Å². The summed E-state index contributed by atoms with van der Waals surface area (Å²) in [5.74, 6) is 0.467. The molecule has 0 fully saturated rings. The van der Waals surface area contributed by atoms with E-state index in [0.717, 1.165) is 5.56 Å². The molecular weight excluding hydrogens is 439 g/mol. The van der Waals surface area contributed by atoms with Gasteiger partial charge in [0.2, 0.25) is 5.91 Å². The molecule has 9 heteroatoms. The van der Waals surface area contributed by atoms with E-state index >= 15 is 0 Å². The number of anilines is 1. The zero-order valence-corrected chi connectivity index (χ0v) is 17.6. The Morgan fingerprint density at radius 3 is 2.43 bits per heavy atom. The minimum atomic E-state index is -0.257. The molecule has 0 aliphatic heterocycles. The number of benzene rings is 2. The lowest BCUT2D eigenvalue weighted by Crippen LogP contribution is -2.15. The molecule has 0 spiro atoms. The molecule has 0 saturated heterocycles. The van der Waals surface area contributed by atoms with Gasteiger partial charge in [-0.1, -0.05) is 70.8 Å². The second-order valence-electron chi connectivity index (χ2n) is 5.62. The first-order valence-electron chi connectivity index (χ1n) is 8.17. The molecular formula is C19H15Cl3N4OS. The van der Waals surface area contributed by atoms with E-state index in [1.165, 1.54) is 11.8 Å². The van der Waals surface area contributed by atoms with Crippen LogP contribution in [0.5, 0.6) is 0 Å². The van der Waals surface area contributed by atoms with Gasteiger partial charge in [-0.3, -0.25) is 9.36 Å². The summed E-state index contributed by atoms with van der Waals surface area (Å²) in [5.41, 5.74) is 1.15. The average molecular weight is 454 g/mol. The standard InChI is InChI=1S/C19H15Cl3N4OS/c1-2-10-26-18(12-6-3-4-7-13(12)20)24-25-19(26)28-11-16(27)23-17-14(21)8-5-9-15(17)22/h2-9H,1,10-11H2,(H,23,27). The molecule has 144 valence electrons. The zero-order valence-electron chi connectivity index (χ0n) is 14.5. The van der Waals surface area contributed by atoms with Gasteiger partial charge in [0.25, 0.3) is 0 Å². The molecule has 0 radical (unpaired) electrons. The molecule has 0 saturated carbocycles. The number of hydrogen-bond donors (Lipinski definition) is 1. The topological polar surface area (TPSA) is 59.8 Å². The Morgan fingerprint density at radius 1 is 1.07 bits per heavy atom. The molecule has 3 aromatic rings. The second-order valence-corrected chi connectivity index (χ2v) is 7.78. The van der Waals surface area contributed by atoms with Gasteiger partial charge in [-0.25, -0.2) is 0 Å². The smallest absolute Gasteiger partial charge is 0.234 e. The number of hydrogen-bond acceptors (Lipinski definition) is 4. The molecule has 2 aromatic carbocycles. The van der Waals surface area contributed by atoms with Crippen LogP contribution in [0.25, 0.3) is 11.4 Å². The van der Waals surface area contributed by atoms with Gasteiger partial charge in [-0.15, -0.1) is 16.8 Å². The van der Waals surface area contributed by atoms with Crippen molar-refractivity contribution in [3.8, 4) is 11.4 Å². The van der Waals surface area contributed by atoms with Crippen molar-refractivity contribution in [1.29, 1.82) is 0 Å². The molecule has 3 rings (SSSR count). The molecule has 1 heterocycles. The number of carbonyl (C=O) groups is 1. The highest BCUT2D eigenvalue weighted by Crippen LogP contribution is 2.31. The Kier molecular flexibility index (Phi) is 7.02. The van der Waals surface area contributed by atoms with Gasteiger partial charge in [0.05, 0.1) is 26.5 Å². The summed E-state index contributed by atoms with van der Waals surface area (Å²) in [4.78, 5) is 12.3. The third kappa shape index (κ3) is 4.70. The van der Waals surface area contributed by atoms with Crippen molar-refractivity contribution < 1.29 is 4.79 Å². The van der Waals surface area contributed by atoms with E-state index in [9.17, 15) is 4.79 Å². The number of carbonyl (C=O) groups excluding carboxylic acids is 1. The Hall–Kier alpha value is -1.99. The first-order valence-corrected chi connectivity index (χ1v) is 10.3. The minimum Gasteiger partial charge on any atom is -0.323 e. The highest BCUT2D eigenvalue weighted by molar-refractivity contribution is 7.99. The quantitative estimate of drug-likeness (QED) is 0.361. The predicted octanol–water partition coefficient (Wildman–Crippen LogP) is 5.82. The number of rotatable bonds is 7. The molecule has 1 N–H and O–H groups in total. The fourth-order valence-electron chi connectivity index (χ4n) is 2.45. The van der Waals surface area contributed by atoms with E-state index in [0.29, 0.717) is 38.3 Å². The SMILES string of the molecule is C=CCn1c(SCC(=O)Nc2c(Cl)cccc2Cl)nnc1-c1ccccc1Cl. The van der Waals surface area contributed by atoms with Crippen molar-refractivity contribution in [3.63, 3.8) is 0 Å². The lowest BCUT2D eigenvalue weighted by Gasteiger charge is -2.10. The van der Waals surface area contributed by atoms with Crippen LogP contribution in [0.3, 0.4) is 0 Å². The number of para-hydroxylation sites is 1. The molecule has 1 aromatic heterocycles. The van der Waals surface area contributed by atoms with Crippen molar-refractivity contribution in [1.82, 2.24) is 14.8 Å². The van der Waals surface area contributed by atoms with Gasteiger partial charge in [0, 0.05) is 12.1 Å². The highest BCUT2D eigenvalue weighted by atomic mass is 35.5. The van der Waals surface area contributed by atoms with E-state index < -0.39 is 0 Å². The van der Waals surface area contributed by atoms with Crippen LogP contribution in [-0.4, -0.2) is 26.4 Å². The molecule has 0 aliphatic rings. The number of thioether (sulfide) groups is 1. The lowest BCUT2D eigenvalue weighted by atomic mass is 10.2. The molecule has 1 amide bonds. The maximum absolute atomic E-state index is 12.3. The van der Waals surface area contributed by atoms with Crippen LogP contribution in [0.2, 0.25) is 15.1 Å². The maximum atomic E-state index is 12.3. The van der Waals surface area contributed by atoms with Crippen LogP contribution < -0.4 is 5.32 Å². The summed E-state index contributed by atoms with van der Waals surface area (Å²) in [5, 5.41) is 13.1. The molecule has 5 nitrogen and oxygen atoms in total. The number of allylic oxidation sites excluding steroid dienone is 1. The molecule has 0 aliphatic carbocycles. The first kappa shape index (κ1) is 20.7. The molecule has 0 unspecified atom stereocenters. The zero-order chi connectivity index (χ0) is 20.1. The Labute approximate surface area is 181 Å². The largest absolute Gasteiger partial charge is 0.323 e. The third-order valence-corrected chi connectivity index (χ3v) is 5.63. The van der Waals surface area contributed by atoms with Crippen molar-refractivity contribution in [3.05, 3.63) is 70.2 Å². The Bertz CT molecular complexity index is 1000. The van der Waals surface area contributed by atoms with Gasteiger partial charge >= 0.3 is 0 Å². The van der Waals surface area contributed by atoms with Gasteiger partial charge in [-0.2, -0.15) is 0 Å². The normalized spacial score (nSPS) is 10.7. The summed E-state index contributed by atoms with van der Waals surface area (Å²) in [6.07, 6.45) is 1.73. The van der Waals surface area contributed by atoms with Gasteiger partial charge in [0.1, 0.15) is 0 Å². The summed E-state index contributed by atoms with van der Waals surface area (Å²) in [6, 6.07) is 12.4. The van der Waals surface area contributed by atoms with Crippen LogP contribution in [0, 0.1) is 0 Å². The first-order chi connectivity index (χ1) is 13.5. The third-order valence-electron chi connectivity index (χ3n) is 3.70. The van der Waals surface area contributed by atoms with E-state index in [1.807, 2.05) is 22.8 Å². The molecule has 28 heavy (non-hydrogen) atoms. The fraction of sp³-hybridized carbons (Fsp3) is 0.105. The minimum absolute atomic E-state index is 0.110. The van der Waals surface area contributed by atoms with E-state index in [1.54, 1.807) is 30.3 Å². The maximum Gasteiger partial charge on any atom is 0.234 e. The Morgan fingerprint density at radius 2 is 1.75 bits per heavy atom. The monoisotopic (exact) mass is 452 g/mol. The number of aromatic nitrogens is 3. The lowest BCUT2D eigenvalue weighted by molar-refractivity contribution is -0.113. The summed E-state index contributed by atoms with van der Waals surface area (Å²) >= 11 is 19.7. The van der Waals surface area contributed by atoms with Gasteiger partial charge < -0.3 is 5.32 Å². The molecule has 0 bridgehead atoms. The van der Waals surface area contributed by atoms with Crippen molar-refractivity contribution >= 4 is 58.2 Å². The van der Waals surface area contributed by atoms with Crippen molar-refractivity contribution in [2.24, 2.45) is 0 Å².